The molecule has 10 nitrogen and oxygen atoms in total. The molecule has 0 aliphatic heterocycles. The smallest absolute Gasteiger partial charge is 0.408 e. The van der Waals surface area contributed by atoms with E-state index in [9.17, 15) is 22.4 Å². The molecule has 0 spiro atoms. The summed E-state index contributed by atoms with van der Waals surface area (Å²) in [6.07, 6.45) is 1.68. The fourth-order valence-corrected chi connectivity index (χ4v) is 6.23. The van der Waals surface area contributed by atoms with Gasteiger partial charge in [0, 0.05) is 29.1 Å². The molecule has 0 saturated heterocycles. The fraction of sp³-hybridized carbons (Fsp3) is 0.512. The summed E-state index contributed by atoms with van der Waals surface area (Å²) in [7, 11) is 0. The highest BCUT2D eigenvalue weighted by molar-refractivity contribution is 5.69. The van der Waals surface area contributed by atoms with E-state index in [1.807, 2.05) is 54.5 Å². The number of halogens is 4. The number of aromatic nitrogens is 4. The molecule has 0 saturated carbocycles. The lowest BCUT2D eigenvalue weighted by molar-refractivity contribution is 0.0407. The molecule has 0 aliphatic carbocycles. The van der Waals surface area contributed by atoms with Crippen LogP contribution in [-0.2, 0) is 4.74 Å². The number of alkyl carbamates (subject to hydrolysis) is 1. The van der Waals surface area contributed by atoms with Gasteiger partial charge in [0.15, 0.2) is 0 Å². The number of nitrogens with one attached hydrogen (secondary N) is 1. The number of nitrogens with two attached hydrogens (primary N) is 1. The number of amides is 1. The molecular weight excluding hydrogens is 741 g/mol. The van der Waals surface area contributed by atoms with Gasteiger partial charge in [-0.15, -0.1) is 0 Å². The van der Waals surface area contributed by atoms with Gasteiger partial charge in [-0.2, -0.15) is 0 Å². The largest absolute Gasteiger partial charge is 0.490 e. The van der Waals surface area contributed by atoms with Gasteiger partial charge in [-0.25, -0.2) is 22.4 Å². The van der Waals surface area contributed by atoms with Crippen molar-refractivity contribution in [3.05, 3.63) is 83.7 Å². The van der Waals surface area contributed by atoms with Crippen molar-refractivity contribution in [3.63, 3.8) is 0 Å². The number of ether oxygens (including phenoxy) is 3. The SMILES string of the molecule is Cc1cc(-c2ccnc(C(F)F)c2)ncc1OC[C@@](C)(N)CC(C)C.Cc1cc(-c2ccnc(C(F)F)c2)ncc1OC[C@](C)(CC(C)C)NC(=O)OC(C)(C)C. The maximum atomic E-state index is 12.9. The molecule has 0 aromatic carbocycles. The molecule has 4 heterocycles. The number of rotatable bonds is 15. The molecule has 0 radical (unpaired) electrons. The topological polar surface area (TPSA) is 134 Å². The van der Waals surface area contributed by atoms with E-state index < -0.39 is 35.6 Å². The quantitative estimate of drug-likeness (QED) is 0.113. The molecule has 0 fully saturated rings. The fourth-order valence-electron chi connectivity index (χ4n) is 6.23. The van der Waals surface area contributed by atoms with Gasteiger partial charge in [-0.3, -0.25) is 19.9 Å². The van der Waals surface area contributed by atoms with Crippen molar-refractivity contribution < 1.29 is 36.6 Å². The van der Waals surface area contributed by atoms with Crippen LogP contribution in [0.4, 0.5) is 22.4 Å². The van der Waals surface area contributed by atoms with Gasteiger partial charge in [0.25, 0.3) is 12.9 Å². The summed E-state index contributed by atoms with van der Waals surface area (Å²) >= 11 is 0. The van der Waals surface area contributed by atoms with Crippen molar-refractivity contribution >= 4 is 6.09 Å². The van der Waals surface area contributed by atoms with Gasteiger partial charge >= 0.3 is 6.09 Å². The molecular formula is C43H58F4N6O4. The maximum Gasteiger partial charge on any atom is 0.408 e. The Morgan fingerprint density at radius 2 is 1.14 bits per heavy atom. The minimum atomic E-state index is -2.64. The summed E-state index contributed by atoms with van der Waals surface area (Å²) in [6.45, 7) is 22.1. The zero-order valence-corrected chi connectivity index (χ0v) is 34.9. The Hall–Kier alpha value is -4.85. The van der Waals surface area contributed by atoms with Crippen molar-refractivity contribution in [1.29, 1.82) is 0 Å². The van der Waals surface area contributed by atoms with Gasteiger partial charge in [0.05, 0.1) is 29.3 Å². The monoisotopic (exact) mass is 798 g/mol. The molecule has 57 heavy (non-hydrogen) atoms. The van der Waals surface area contributed by atoms with Crippen LogP contribution >= 0.6 is 0 Å². The first-order valence-electron chi connectivity index (χ1n) is 18.9. The molecule has 312 valence electrons. The number of alkyl halides is 4. The van der Waals surface area contributed by atoms with Crippen molar-refractivity contribution in [1.82, 2.24) is 25.3 Å². The third-order valence-corrected chi connectivity index (χ3v) is 8.37. The number of pyridine rings is 4. The lowest BCUT2D eigenvalue weighted by atomic mass is 9.91. The first-order valence-corrected chi connectivity index (χ1v) is 18.9. The van der Waals surface area contributed by atoms with Crippen LogP contribution in [0.15, 0.2) is 61.2 Å². The van der Waals surface area contributed by atoms with Gasteiger partial charge in [-0.05, 0) is 121 Å². The molecule has 4 rings (SSSR count). The third-order valence-electron chi connectivity index (χ3n) is 8.37. The minimum absolute atomic E-state index is 0.219. The average molecular weight is 799 g/mol. The van der Waals surface area contributed by atoms with Crippen LogP contribution in [0, 0.1) is 25.7 Å². The van der Waals surface area contributed by atoms with Crippen molar-refractivity contribution in [2.24, 2.45) is 17.6 Å². The van der Waals surface area contributed by atoms with Crippen LogP contribution in [0.2, 0.25) is 0 Å². The van der Waals surface area contributed by atoms with Crippen molar-refractivity contribution in [2.45, 2.75) is 119 Å². The summed E-state index contributed by atoms with van der Waals surface area (Å²) in [5.41, 5.74) is 8.02. The van der Waals surface area contributed by atoms with E-state index >= 15 is 0 Å². The predicted octanol–water partition coefficient (Wildman–Crippen LogP) is 10.6. The highest BCUT2D eigenvalue weighted by Gasteiger charge is 2.31. The minimum Gasteiger partial charge on any atom is -0.490 e. The highest BCUT2D eigenvalue weighted by atomic mass is 19.3. The average Bonchev–Trinajstić information content (AvgIpc) is 3.09. The lowest BCUT2D eigenvalue weighted by Crippen LogP contribution is -2.52. The van der Waals surface area contributed by atoms with Gasteiger partial charge < -0.3 is 25.3 Å². The maximum absolute atomic E-state index is 12.9. The van der Waals surface area contributed by atoms with Crippen LogP contribution in [0.3, 0.4) is 0 Å². The molecule has 14 heteroatoms. The van der Waals surface area contributed by atoms with Gasteiger partial charge in [-0.1, -0.05) is 27.7 Å². The molecule has 1 amide bonds. The van der Waals surface area contributed by atoms with Crippen LogP contribution in [0.25, 0.3) is 22.5 Å². The molecule has 2 atom stereocenters. The van der Waals surface area contributed by atoms with Crippen LogP contribution in [0.1, 0.15) is 111 Å². The zero-order chi connectivity index (χ0) is 42.7. The van der Waals surface area contributed by atoms with E-state index in [0.29, 0.717) is 58.9 Å². The number of hydrogen-bond donors (Lipinski definition) is 2. The number of carbonyl (C=O) groups excluding carboxylic acids is 1. The Bertz CT molecular complexity index is 1920. The molecule has 0 unspecified atom stereocenters. The van der Waals surface area contributed by atoms with E-state index in [4.69, 9.17) is 19.9 Å². The van der Waals surface area contributed by atoms with E-state index in [0.717, 1.165) is 17.5 Å². The Morgan fingerprint density at radius 3 is 1.53 bits per heavy atom. The Balaban J connectivity index is 0.000000315. The highest BCUT2D eigenvalue weighted by Crippen LogP contribution is 2.29. The number of carbonyl (C=O) groups is 1. The van der Waals surface area contributed by atoms with Crippen molar-refractivity contribution in [3.8, 4) is 34.0 Å². The van der Waals surface area contributed by atoms with Crippen LogP contribution < -0.4 is 20.5 Å². The Labute approximate surface area is 334 Å². The molecule has 4 aromatic rings. The van der Waals surface area contributed by atoms with Gasteiger partial charge in [0.1, 0.15) is 41.7 Å². The summed E-state index contributed by atoms with van der Waals surface area (Å²) in [6, 6.07) is 9.58. The van der Waals surface area contributed by atoms with E-state index in [1.165, 1.54) is 24.5 Å². The zero-order valence-electron chi connectivity index (χ0n) is 34.9. The van der Waals surface area contributed by atoms with Crippen LogP contribution in [0.5, 0.6) is 11.5 Å². The first kappa shape index (κ1) is 46.5. The first-order chi connectivity index (χ1) is 26.5. The van der Waals surface area contributed by atoms with E-state index in [1.54, 1.807) is 30.6 Å². The number of nitrogens with zero attached hydrogens (tertiary/aromatic N) is 4. The normalized spacial score (nSPS) is 13.8. The summed E-state index contributed by atoms with van der Waals surface area (Å²) in [4.78, 5) is 28.4. The van der Waals surface area contributed by atoms with Crippen molar-refractivity contribution in [2.75, 3.05) is 13.2 Å². The molecule has 0 bridgehead atoms. The summed E-state index contributed by atoms with van der Waals surface area (Å²) < 4.78 is 68.7. The summed E-state index contributed by atoms with van der Waals surface area (Å²) in [5.74, 6) is 2.00. The predicted molar refractivity (Wildman–Crippen MR) is 215 cm³/mol. The van der Waals surface area contributed by atoms with E-state index in [-0.39, 0.29) is 18.0 Å². The van der Waals surface area contributed by atoms with Gasteiger partial charge in [0.2, 0.25) is 0 Å². The van der Waals surface area contributed by atoms with E-state index in [2.05, 4.69) is 52.9 Å². The molecule has 0 aliphatic rings. The second-order valence-corrected chi connectivity index (χ2v) is 16.8. The Morgan fingerprint density at radius 1 is 0.702 bits per heavy atom. The number of hydrogen-bond acceptors (Lipinski definition) is 9. The third kappa shape index (κ3) is 15.5. The number of aryl methyl sites for hydroxylation is 2. The Kier molecular flexibility index (Phi) is 16.3. The second kappa shape index (κ2) is 20.0. The summed E-state index contributed by atoms with van der Waals surface area (Å²) in [5, 5.41) is 2.94. The van der Waals surface area contributed by atoms with Crippen LogP contribution in [-0.4, -0.2) is 55.9 Å². The molecule has 3 N–H and O–H groups in total. The molecule has 4 aromatic heterocycles. The lowest BCUT2D eigenvalue weighted by Gasteiger charge is -2.33. The second-order valence-electron chi connectivity index (χ2n) is 16.8. The standard InChI is InChI=1S/C24H33F2N3O3.C19H25F2N3O/c1-15(2)12-24(7,29-22(30)32-23(4,5)6)14-31-20-13-28-18(10-16(20)3)17-8-9-27-19(11-17)21(25)26;1-12(2)9-19(4,22)11-25-17-10-24-15(7-13(17)3)14-5-6-23-16(8-14)18(20)21/h8-11,13,15,21H,12,14H2,1-7H3,(H,29,30);5-8,10,12,18H,9,11,22H2,1-4H3/t24-;19-/m00/s1.